The maximum atomic E-state index is 12.8. The maximum Gasteiger partial charge on any atom is 0.326 e. The van der Waals surface area contributed by atoms with Crippen molar-refractivity contribution >= 4 is 41.5 Å². The largest absolute Gasteiger partial charge is 0.481 e. The molecular weight excluding hydrogens is 472 g/mol. The number of primary amides is 2. The Morgan fingerprint density at radius 1 is 0.686 bits per heavy atom. The molecule has 5 amide bonds. The van der Waals surface area contributed by atoms with Crippen LogP contribution < -0.4 is 33.2 Å². The zero-order valence-electron chi connectivity index (χ0n) is 19.1. The monoisotopic (exact) mass is 504 g/mol. The number of carbonyl (C=O) groups excluding carboxylic acids is 5. The Morgan fingerprint density at radius 2 is 1.06 bits per heavy atom. The first kappa shape index (κ1) is 31.2. The first-order chi connectivity index (χ1) is 16.1. The second-order valence-electron chi connectivity index (χ2n) is 7.73. The van der Waals surface area contributed by atoms with E-state index in [0.717, 1.165) is 0 Å². The van der Waals surface area contributed by atoms with E-state index in [0.29, 0.717) is 0 Å². The van der Waals surface area contributed by atoms with E-state index in [9.17, 15) is 43.8 Å². The highest BCUT2D eigenvalue weighted by Gasteiger charge is 2.31. The van der Waals surface area contributed by atoms with Gasteiger partial charge in [0.25, 0.3) is 0 Å². The summed E-state index contributed by atoms with van der Waals surface area (Å²) < 4.78 is 0. The van der Waals surface area contributed by atoms with Crippen molar-refractivity contribution in [2.24, 2.45) is 17.2 Å². The van der Waals surface area contributed by atoms with Gasteiger partial charge in [-0.05, 0) is 26.2 Å². The van der Waals surface area contributed by atoms with Crippen molar-refractivity contribution in [2.45, 2.75) is 75.7 Å². The maximum absolute atomic E-state index is 12.8. The molecule has 0 aromatic rings. The number of amides is 5. The van der Waals surface area contributed by atoms with Gasteiger partial charge >= 0.3 is 11.9 Å². The van der Waals surface area contributed by atoms with Crippen molar-refractivity contribution in [1.29, 1.82) is 0 Å². The molecule has 12 N–H and O–H groups in total. The van der Waals surface area contributed by atoms with Crippen molar-refractivity contribution in [3.8, 4) is 0 Å². The number of hydrogen-bond acceptors (Lipinski definition) is 9. The van der Waals surface area contributed by atoms with Crippen LogP contribution in [0.4, 0.5) is 0 Å². The molecule has 35 heavy (non-hydrogen) atoms. The molecule has 0 fully saturated rings. The van der Waals surface area contributed by atoms with Crippen LogP contribution in [-0.2, 0) is 33.6 Å². The first-order valence-corrected chi connectivity index (χ1v) is 10.5. The lowest BCUT2D eigenvalue weighted by atomic mass is 10.0. The number of aliphatic hydroxyl groups excluding tert-OH is 1. The molecule has 16 nitrogen and oxygen atoms in total. The molecule has 0 radical (unpaired) electrons. The molecule has 0 bridgehead atoms. The van der Waals surface area contributed by atoms with Crippen LogP contribution in [-0.4, -0.2) is 87.1 Å². The van der Waals surface area contributed by atoms with Crippen molar-refractivity contribution in [1.82, 2.24) is 16.0 Å². The van der Waals surface area contributed by atoms with Crippen LogP contribution in [0.2, 0.25) is 0 Å². The van der Waals surface area contributed by atoms with Crippen molar-refractivity contribution in [2.75, 3.05) is 0 Å². The number of carboxylic acids is 2. The van der Waals surface area contributed by atoms with Crippen molar-refractivity contribution < 1.29 is 48.9 Å². The quantitative estimate of drug-likeness (QED) is 0.0911. The van der Waals surface area contributed by atoms with Crippen LogP contribution >= 0.6 is 0 Å². The summed E-state index contributed by atoms with van der Waals surface area (Å²) in [6.07, 6.45) is -3.71. The average Bonchev–Trinajstić information content (AvgIpc) is 2.74. The summed E-state index contributed by atoms with van der Waals surface area (Å²) >= 11 is 0. The zero-order valence-corrected chi connectivity index (χ0v) is 19.1. The van der Waals surface area contributed by atoms with Gasteiger partial charge in [-0.25, -0.2) is 4.79 Å². The Kier molecular flexibility index (Phi) is 13.5. The summed E-state index contributed by atoms with van der Waals surface area (Å²) in [7, 11) is 0. The number of carbonyl (C=O) groups is 7. The standard InChI is InChI=1S/C19H32N6O10/c1-8(26)15(22)18(33)24-10(3-6-13(21)28)16(31)23-9(2-5-12(20)27)17(32)25-11(19(34)35)4-7-14(29)30/h8-11,15,26H,2-7,22H2,1H3,(H2,20,27)(H2,21,28)(H,23,31)(H,24,33)(H,25,32)(H,29,30)(H,34,35). The molecule has 198 valence electrons. The van der Waals surface area contributed by atoms with E-state index in [1.165, 1.54) is 6.92 Å². The fourth-order valence-electron chi connectivity index (χ4n) is 2.67. The molecule has 0 saturated heterocycles. The lowest BCUT2D eigenvalue weighted by Crippen LogP contribution is -2.58. The van der Waals surface area contributed by atoms with Gasteiger partial charge in [0.2, 0.25) is 29.5 Å². The van der Waals surface area contributed by atoms with Gasteiger partial charge in [-0.2, -0.15) is 0 Å². The minimum Gasteiger partial charge on any atom is -0.481 e. The minimum absolute atomic E-state index is 0.306. The normalized spacial score (nSPS) is 14.9. The van der Waals surface area contributed by atoms with E-state index in [-0.39, 0.29) is 19.3 Å². The third-order valence-corrected chi connectivity index (χ3v) is 4.71. The lowest BCUT2D eigenvalue weighted by Gasteiger charge is -2.25. The van der Waals surface area contributed by atoms with Gasteiger partial charge in [-0.1, -0.05) is 0 Å². The molecule has 0 spiro atoms. The lowest BCUT2D eigenvalue weighted by molar-refractivity contribution is -0.143. The smallest absolute Gasteiger partial charge is 0.326 e. The Hall–Kier alpha value is -3.79. The second-order valence-corrected chi connectivity index (χ2v) is 7.73. The third kappa shape index (κ3) is 12.9. The number of nitrogens with two attached hydrogens (primary N) is 3. The molecule has 0 rings (SSSR count). The predicted octanol–water partition coefficient (Wildman–Crippen LogP) is -4.37. The van der Waals surface area contributed by atoms with E-state index >= 15 is 0 Å². The van der Waals surface area contributed by atoms with E-state index < -0.39 is 91.0 Å². The van der Waals surface area contributed by atoms with E-state index in [2.05, 4.69) is 16.0 Å². The molecule has 0 aliphatic rings. The van der Waals surface area contributed by atoms with Gasteiger partial charge in [-0.15, -0.1) is 0 Å². The topological polar surface area (TPSA) is 294 Å². The van der Waals surface area contributed by atoms with E-state index in [1.54, 1.807) is 0 Å². The number of carboxylic acid groups (broad SMARTS) is 2. The van der Waals surface area contributed by atoms with Crippen LogP contribution in [0.1, 0.15) is 45.4 Å². The Labute approximate surface area is 199 Å². The molecule has 0 saturated carbocycles. The number of rotatable bonds is 17. The molecule has 0 aromatic heterocycles. The molecule has 0 aliphatic carbocycles. The molecule has 0 aliphatic heterocycles. The fraction of sp³-hybridized carbons (Fsp3) is 0.632. The molecule has 5 unspecified atom stereocenters. The van der Waals surface area contributed by atoms with E-state index in [1.807, 2.05) is 0 Å². The molecule has 0 heterocycles. The second kappa shape index (κ2) is 15.2. The highest BCUT2D eigenvalue weighted by Crippen LogP contribution is 2.06. The van der Waals surface area contributed by atoms with Gasteiger partial charge in [0.15, 0.2) is 0 Å². The first-order valence-electron chi connectivity index (χ1n) is 10.5. The van der Waals surface area contributed by atoms with Gasteiger partial charge in [0, 0.05) is 19.3 Å². The molecule has 0 aromatic carbocycles. The zero-order chi connectivity index (χ0) is 27.3. The average molecular weight is 504 g/mol. The van der Waals surface area contributed by atoms with Gasteiger partial charge in [0.05, 0.1) is 6.10 Å². The summed E-state index contributed by atoms with van der Waals surface area (Å²) in [5, 5.41) is 34.0. The SMILES string of the molecule is CC(O)C(N)C(=O)NC(CCC(N)=O)C(=O)NC(CCC(N)=O)C(=O)NC(CCC(=O)O)C(=O)O. The number of aliphatic hydroxyl groups is 1. The van der Waals surface area contributed by atoms with Gasteiger partial charge in [-0.3, -0.25) is 28.8 Å². The van der Waals surface area contributed by atoms with Crippen LogP contribution in [0.5, 0.6) is 0 Å². The summed E-state index contributed by atoms with van der Waals surface area (Å²) in [6, 6.07) is -5.98. The highest BCUT2D eigenvalue weighted by molar-refractivity contribution is 5.94. The summed E-state index contributed by atoms with van der Waals surface area (Å²) in [5.74, 6) is -7.47. The summed E-state index contributed by atoms with van der Waals surface area (Å²) in [5.41, 5.74) is 15.7. The van der Waals surface area contributed by atoms with Crippen LogP contribution in [0.15, 0.2) is 0 Å². The van der Waals surface area contributed by atoms with Gasteiger partial charge < -0.3 is 48.5 Å². The Morgan fingerprint density at radius 3 is 1.40 bits per heavy atom. The minimum atomic E-state index is -1.61. The van der Waals surface area contributed by atoms with Crippen LogP contribution in [0.3, 0.4) is 0 Å². The van der Waals surface area contributed by atoms with Crippen LogP contribution in [0.25, 0.3) is 0 Å². The van der Waals surface area contributed by atoms with Crippen LogP contribution in [0, 0.1) is 0 Å². The number of nitrogens with one attached hydrogen (secondary N) is 3. The highest BCUT2D eigenvalue weighted by atomic mass is 16.4. The summed E-state index contributed by atoms with van der Waals surface area (Å²) in [6.45, 7) is 1.23. The number of aliphatic carboxylic acids is 2. The number of hydrogen-bond donors (Lipinski definition) is 9. The van der Waals surface area contributed by atoms with Gasteiger partial charge in [0.1, 0.15) is 24.2 Å². The molecule has 16 heteroatoms. The van der Waals surface area contributed by atoms with Crippen molar-refractivity contribution in [3.05, 3.63) is 0 Å². The summed E-state index contributed by atoms with van der Waals surface area (Å²) in [4.78, 5) is 82.1. The van der Waals surface area contributed by atoms with E-state index in [4.69, 9.17) is 22.3 Å². The fourth-order valence-corrected chi connectivity index (χ4v) is 2.67. The molecule has 5 atom stereocenters. The predicted molar refractivity (Wildman–Crippen MR) is 117 cm³/mol. The Bertz CT molecular complexity index is 818. The molecular formula is C19H32N6O10. The van der Waals surface area contributed by atoms with Crippen molar-refractivity contribution in [3.63, 3.8) is 0 Å². The third-order valence-electron chi connectivity index (χ3n) is 4.71. The Balaban J connectivity index is 5.65.